The number of alkyl halides is 6. The van der Waals surface area contributed by atoms with Crippen LogP contribution in [0.15, 0.2) is 30.6 Å². The molecule has 0 N–H and O–H groups in total. The minimum absolute atomic E-state index is 0.0443. The van der Waals surface area contributed by atoms with E-state index in [0.717, 1.165) is 32.5 Å². The molecule has 3 aliphatic rings. The molecule has 0 aliphatic carbocycles. The van der Waals surface area contributed by atoms with Crippen LogP contribution >= 0.6 is 0 Å². The van der Waals surface area contributed by atoms with Gasteiger partial charge in [-0.15, -0.1) is 0 Å². The number of piperidine rings is 3. The van der Waals surface area contributed by atoms with Gasteiger partial charge in [-0.3, -0.25) is 4.90 Å². The smallest absolute Gasteiger partial charge is 0.416 e. The van der Waals surface area contributed by atoms with Crippen molar-refractivity contribution < 1.29 is 31.1 Å². The van der Waals surface area contributed by atoms with E-state index in [9.17, 15) is 26.3 Å². The van der Waals surface area contributed by atoms with Crippen LogP contribution < -0.4 is 4.74 Å². The molecule has 156 valence electrons. The van der Waals surface area contributed by atoms with Crippen molar-refractivity contribution in [3.05, 3.63) is 41.7 Å². The highest BCUT2D eigenvalue weighted by molar-refractivity contribution is 5.64. The van der Waals surface area contributed by atoms with E-state index in [4.69, 9.17) is 4.74 Å². The Morgan fingerprint density at radius 2 is 1.38 bits per heavy atom. The maximum Gasteiger partial charge on any atom is 0.416 e. The van der Waals surface area contributed by atoms with Gasteiger partial charge < -0.3 is 4.74 Å². The molecule has 3 fully saturated rings. The molecule has 0 amide bonds. The average molecular weight is 417 g/mol. The molecule has 10 heteroatoms. The van der Waals surface area contributed by atoms with E-state index >= 15 is 0 Å². The maximum absolute atomic E-state index is 13.0. The van der Waals surface area contributed by atoms with Gasteiger partial charge in [-0.25, -0.2) is 9.97 Å². The van der Waals surface area contributed by atoms with Crippen LogP contribution in [0.5, 0.6) is 6.01 Å². The van der Waals surface area contributed by atoms with E-state index < -0.39 is 23.5 Å². The molecule has 2 aromatic rings. The van der Waals surface area contributed by atoms with Gasteiger partial charge >= 0.3 is 18.4 Å². The van der Waals surface area contributed by atoms with Gasteiger partial charge in [0.15, 0.2) is 0 Å². The normalized spacial score (nSPS) is 24.6. The van der Waals surface area contributed by atoms with Crippen LogP contribution in [0.2, 0.25) is 0 Å². The standard InChI is InChI=1S/C19H17F6N3O/c20-18(21,22)14-5-12(6-15(7-14)19(23,24)25)13-8-26-17(27-9-13)29-16-10-28-3-1-11(16)2-4-28/h5-9,11,16H,1-4,10H2/t16-/m0/s1. The molecule has 4 nitrogen and oxygen atoms in total. The Hall–Kier alpha value is -2.36. The lowest BCUT2D eigenvalue weighted by molar-refractivity contribution is -0.143. The summed E-state index contributed by atoms with van der Waals surface area (Å²) in [6, 6.07) is 1.47. The average Bonchev–Trinajstić information content (AvgIpc) is 2.68. The first-order valence-electron chi connectivity index (χ1n) is 9.10. The Balaban J connectivity index is 1.58. The zero-order valence-corrected chi connectivity index (χ0v) is 15.1. The second-order valence-corrected chi connectivity index (χ2v) is 7.34. The van der Waals surface area contributed by atoms with E-state index in [2.05, 4.69) is 14.9 Å². The molecule has 1 aromatic carbocycles. The number of ether oxygens (including phenoxy) is 1. The summed E-state index contributed by atoms with van der Waals surface area (Å²) in [6.45, 7) is 2.82. The monoisotopic (exact) mass is 417 g/mol. The Morgan fingerprint density at radius 3 is 1.83 bits per heavy atom. The first-order valence-corrected chi connectivity index (χ1v) is 9.10. The third-order valence-electron chi connectivity index (χ3n) is 5.40. The summed E-state index contributed by atoms with van der Waals surface area (Å²) >= 11 is 0. The third-order valence-corrected chi connectivity index (χ3v) is 5.40. The van der Waals surface area contributed by atoms with Crippen LogP contribution in [-0.4, -0.2) is 40.6 Å². The molecule has 0 unspecified atom stereocenters. The summed E-state index contributed by atoms with van der Waals surface area (Å²) in [5.41, 5.74) is -2.98. The Kier molecular flexibility index (Phi) is 4.92. The largest absolute Gasteiger partial charge is 0.458 e. The number of aromatic nitrogens is 2. The maximum atomic E-state index is 13.0. The molecule has 5 rings (SSSR count). The Labute approximate surface area is 162 Å². The fraction of sp³-hybridized carbons (Fsp3) is 0.474. The summed E-state index contributed by atoms with van der Waals surface area (Å²) in [4.78, 5) is 10.3. The van der Waals surface area contributed by atoms with Gasteiger partial charge in [0.2, 0.25) is 0 Å². The zero-order valence-electron chi connectivity index (χ0n) is 15.1. The van der Waals surface area contributed by atoms with Gasteiger partial charge in [0, 0.05) is 24.5 Å². The molecule has 1 atom stereocenters. The molecule has 0 saturated carbocycles. The first kappa shape index (κ1) is 19.9. The molecule has 29 heavy (non-hydrogen) atoms. The number of fused-ring (bicyclic) bond motifs is 3. The number of benzene rings is 1. The molecule has 1 aromatic heterocycles. The molecule has 3 saturated heterocycles. The lowest BCUT2D eigenvalue weighted by Crippen LogP contribution is -2.52. The number of hydrogen-bond donors (Lipinski definition) is 0. The third kappa shape index (κ3) is 4.31. The van der Waals surface area contributed by atoms with Crippen molar-refractivity contribution in [3.63, 3.8) is 0 Å². The van der Waals surface area contributed by atoms with Crippen LogP contribution in [-0.2, 0) is 12.4 Å². The lowest BCUT2D eigenvalue weighted by atomic mass is 9.86. The molecule has 2 bridgehead atoms. The van der Waals surface area contributed by atoms with E-state index in [1.807, 2.05) is 0 Å². The van der Waals surface area contributed by atoms with Crippen LogP contribution in [0.4, 0.5) is 26.3 Å². The minimum atomic E-state index is -4.91. The van der Waals surface area contributed by atoms with Gasteiger partial charge in [-0.2, -0.15) is 26.3 Å². The highest BCUT2D eigenvalue weighted by Gasteiger charge is 2.38. The number of halogens is 6. The summed E-state index contributed by atoms with van der Waals surface area (Å²) in [5.74, 6) is 0.404. The molecular formula is C19H17F6N3O. The second-order valence-electron chi connectivity index (χ2n) is 7.34. The van der Waals surface area contributed by atoms with Crippen molar-refractivity contribution >= 4 is 0 Å². The highest BCUT2D eigenvalue weighted by atomic mass is 19.4. The van der Waals surface area contributed by atoms with E-state index in [0.29, 0.717) is 18.1 Å². The minimum Gasteiger partial charge on any atom is -0.458 e. The zero-order chi connectivity index (χ0) is 20.8. The molecule has 3 aliphatic heterocycles. The summed E-state index contributed by atoms with van der Waals surface area (Å²) < 4.78 is 84.0. The predicted octanol–water partition coefficient (Wildman–Crippen LogP) is 4.65. The van der Waals surface area contributed by atoms with Crippen LogP contribution in [0, 0.1) is 5.92 Å². The van der Waals surface area contributed by atoms with Gasteiger partial charge in [-0.05, 0) is 55.6 Å². The van der Waals surface area contributed by atoms with Gasteiger partial charge in [0.25, 0.3) is 0 Å². The van der Waals surface area contributed by atoms with Crippen LogP contribution in [0.3, 0.4) is 0 Å². The number of rotatable bonds is 3. The highest BCUT2D eigenvalue weighted by Crippen LogP contribution is 2.38. The van der Waals surface area contributed by atoms with Crippen molar-refractivity contribution in [2.24, 2.45) is 5.92 Å². The molecule has 0 spiro atoms. The van der Waals surface area contributed by atoms with Crippen molar-refractivity contribution in [1.29, 1.82) is 0 Å². The first-order chi connectivity index (χ1) is 13.6. The van der Waals surface area contributed by atoms with Crippen LogP contribution in [0.1, 0.15) is 24.0 Å². The van der Waals surface area contributed by atoms with Crippen molar-refractivity contribution in [2.45, 2.75) is 31.3 Å². The molecular weight excluding hydrogens is 400 g/mol. The van der Waals surface area contributed by atoms with Crippen molar-refractivity contribution in [3.8, 4) is 17.1 Å². The number of hydrogen-bond acceptors (Lipinski definition) is 4. The second kappa shape index (κ2) is 7.16. The Morgan fingerprint density at radius 1 is 0.828 bits per heavy atom. The predicted molar refractivity (Wildman–Crippen MR) is 91.1 cm³/mol. The fourth-order valence-electron chi connectivity index (χ4n) is 3.83. The Bertz CT molecular complexity index is 841. The van der Waals surface area contributed by atoms with Crippen molar-refractivity contribution in [2.75, 3.05) is 19.6 Å². The lowest BCUT2D eigenvalue weighted by Gasteiger charge is -2.43. The molecule has 4 heterocycles. The van der Waals surface area contributed by atoms with E-state index in [1.54, 1.807) is 0 Å². The van der Waals surface area contributed by atoms with Gasteiger partial charge in [0.05, 0.1) is 11.1 Å². The van der Waals surface area contributed by atoms with Gasteiger partial charge in [0.1, 0.15) is 6.10 Å². The fourth-order valence-corrected chi connectivity index (χ4v) is 3.83. The van der Waals surface area contributed by atoms with Gasteiger partial charge in [-0.1, -0.05) is 0 Å². The number of nitrogens with zero attached hydrogens (tertiary/aromatic N) is 3. The summed E-state index contributed by atoms with van der Waals surface area (Å²) in [6.07, 6.45) is -5.47. The summed E-state index contributed by atoms with van der Waals surface area (Å²) in [7, 11) is 0. The molecule has 0 radical (unpaired) electrons. The van der Waals surface area contributed by atoms with E-state index in [1.165, 1.54) is 12.4 Å². The topological polar surface area (TPSA) is 38.2 Å². The quantitative estimate of drug-likeness (QED) is 0.682. The van der Waals surface area contributed by atoms with Crippen molar-refractivity contribution in [1.82, 2.24) is 14.9 Å². The summed E-state index contributed by atoms with van der Waals surface area (Å²) in [5, 5.41) is 0. The van der Waals surface area contributed by atoms with Crippen LogP contribution in [0.25, 0.3) is 11.1 Å². The SMILES string of the molecule is FC(F)(F)c1cc(-c2cnc(O[C@H]3CN4CCC3CC4)nc2)cc(C(F)(F)F)c1. The van der Waals surface area contributed by atoms with E-state index in [-0.39, 0.29) is 29.3 Å².